The smallest absolute Gasteiger partial charge is 0.125 e. The van der Waals surface area contributed by atoms with Crippen LogP contribution in [0.4, 0.5) is 0 Å². The van der Waals surface area contributed by atoms with Crippen LogP contribution in [-0.2, 0) is 6.54 Å². The number of nitrogens with one attached hydrogen (secondary N) is 1. The van der Waals surface area contributed by atoms with Gasteiger partial charge in [-0.25, -0.2) is 0 Å². The number of rotatable bonds is 6. The molecule has 1 unspecified atom stereocenters. The fourth-order valence-electron chi connectivity index (χ4n) is 2.51. The van der Waals surface area contributed by atoms with Crippen molar-refractivity contribution in [3.05, 3.63) is 64.7 Å². The van der Waals surface area contributed by atoms with E-state index in [2.05, 4.69) is 17.4 Å². The fourth-order valence-corrected chi connectivity index (χ4v) is 2.51. The molecular weight excluding hydrogens is 262 g/mol. The zero-order valence-corrected chi connectivity index (χ0v) is 12.9. The van der Waals surface area contributed by atoms with Crippen LogP contribution in [0.5, 0.6) is 5.75 Å². The summed E-state index contributed by atoms with van der Waals surface area (Å²) in [7, 11) is 1.94. The molecule has 0 aliphatic carbocycles. The van der Waals surface area contributed by atoms with Gasteiger partial charge in [0.1, 0.15) is 18.5 Å². The Morgan fingerprint density at radius 3 is 2.29 bits per heavy atom. The van der Waals surface area contributed by atoms with Crippen LogP contribution < -0.4 is 10.1 Å². The Hall–Kier alpha value is -1.84. The number of hydrogen-bond acceptors (Lipinski definition) is 3. The van der Waals surface area contributed by atoms with E-state index in [9.17, 15) is 5.11 Å². The second-order valence-corrected chi connectivity index (χ2v) is 5.33. The number of aliphatic hydroxyl groups excluding tert-OH is 1. The van der Waals surface area contributed by atoms with Gasteiger partial charge in [-0.1, -0.05) is 42.5 Å². The van der Waals surface area contributed by atoms with Gasteiger partial charge in [0, 0.05) is 6.54 Å². The van der Waals surface area contributed by atoms with Crippen LogP contribution in [-0.4, -0.2) is 18.8 Å². The van der Waals surface area contributed by atoms with Gasteiger partial charge in [0.15, 0.2) is 0 Å². The maximum atomic E-state index is 10.2. The summed E-state index contributed by atoms with van der Waals surface area (Å²) in [5.74, 6) is 0.866. The van der Waals surface area contributed by atoms with E-state index in [1.807, 2.05) is 51.2 Å². The molecule has 3 heteroatoms. The van der Waals surface area contributed by atoms with Gasteiger partial charge in [0.2, 0.25) is 0 Å². The van der Waals surface area contributed by atoms with Crippen molar-refractivity contribution in [3.63, 3.8) is 0 Å². The number of aliphatic hydroxyl groups is 1. The molecule has 2 N–H and O–H groups in total. The molecule has 0 fully saturated rings. The van der Waals surface area contributed by atoms with E-state index in [0.29, 0.717) is 0 Å². The maximum absolute atomic E-state index is 10.2. The van der Waals surface area contributed by atoms with Crippen LogP contribution >= 0.6 is 0 Å². The van der Waals surface area contributed by atoms with Crippen molar-refractivity contribution in [1.82, 2.24) is 5.32 Å². The molecule has 0 spiro atoms. The third-order valence-electron chi connectivity index (χ3n) is 3.47. The Balaban J connectivity index is 2.06. The summed E-state index contributed by atoms with van der Waals surface area (Å²) >= 11 is 0. The van der Waals surface area contributed by atoms with E-state index in [4.69, 9.17) is 4.74 Å². The first-order valence-corrected chi connectivity index (χ1v) is 7.22. The summed E-state index contributed by atoms with van der Waals surface area (Å²) in [6, 6.07) is 13.8. The summed E-state index contributed by atoms with van der Waals surface area (Å²) in [5.41, 5.74) is 4.31. The molecule has 21 heavy (non-hydrogen) atoms. The van der Waals surface area contributed by atoms with E-state index in [0.717, 1.165) is 29.0 Å². The predicted octanol–water partition coefficient (Wildman–Crippen LogP) is 3.14. The zero-order valence-electron chi connectivity index (χ0n) is 12.9. The van der Waals surface area contributed by atoms with Crippen LogP contribution in [0.3, 0.4) is 0 Å². The van der Waals surface area contributed by atoms with Crippen molar-refractivity contribution in [2.24, 2.45) is 0 Å². The second kappa shape index (κ2) is 7.25. The van der Waals surface area contributed by atoms with Crippen molar-refractivity contribution in [2.45, 2.75) is 26.5 Å². The highest BCUT2D eigenvalue weighted by Crippen LogP contribution is 2.26. The highest BCUT2D eigenvalue weighted by molar-refractivity contribution is 5.43. The highest BCUT2D eigenvalue weighted by atomic mass is 16.5. The molecule has 2 aromatic rings. The molecule has 0 heterocycles. The summed E-state index contributed by atoms with van der Waals surface area (Å²) in [6.45, 7) is 5.18. The average molecular weight is 285 g/mol. The number of benzene rings is 2. The topological polar surface area (TPSA) is 41.5 Å². The van der Waals surface area contributed by atoms with Gasteiger partial charge in [0.25, 0.3) is 0 Å². The second-order valence-electron chi connectivity index (χ2n) is 5.33. The zero-order chi connectivity index (χ0) is 15.2. The van der Waals surface area contributed by atoms with Gasteiger partial charge in [-0.15, -0.1) is 0 Å². The molecule has 0 bridgehead atoms. The molecule has 2 rings (SSSR count). The largest absolute Gasteiger partial charge is 0.490 e. The number of ether oxygens (including phenoxy) is 1. The third-order valence-corrected chi connectivity index (χ3v) is 3.47. The molecular formula is C18H23NO2. The Labute approximate surface area is 126 Å². The quantitative estimate of drug-likeness (QED) is 0.857. The molecule has 0 amide bonds. The molecule has 2 aromatic carbocycles. The first-order chi connectivity index (χ1) is 10.1. The van der Waals surface area contributed by atoms with Crippen LogP contribution in [0.25, 0.3) is 0 Å². The van der Waals surface area contributed by atoms with Gasteiger partial charge < -0.3 is 15.2 Å². The molecule has 3 nitrogen and oxygen atoms in total. The van der Waals surface area contributed by atoms with Gasteiger partial charge in [-0.2, -0.15) is 0 Å². The maximum Gasteiger partial charge on any atom is 0.125 e. The van der Waals surface area contributed by atoms with Gasteiger partial charge in [0.05, 0.1) is 0 Å². The normalized spacial score (nSPS) is 12.2. The first-order valence-electron chi connectivity index (χ1n) is 7.22. The molecule has 0 aromatic heterocycles. The van der Waals surface area contributed by atoms with Gasteiger partial charge in [-0.05, 0) is 43.1 Å². The molecule has 1 atom stereocenters. The first kappa shape index (κ1) is 15.5. The van der Waals surface area contributed by atoms with Crippen LogP contribution in [0.15, 0.2) is 42.5 Å². The Kier molecular flexibility index (Phi) is 5.37. The lowest BCUT2D eigenvalue weighted by atomic mass is 10.1. The predicted molar refractivity (Wildman–Crippen MR) is 85.6 cm³/mol. The molecule has 0 aliphatic rings. The summed E-state index contributed by atoms with van der Waals surface area (Å²) < 4.78 is 5.85. The van der Waals surface area contributed by atoms with E-state index in [1.54, 1.807) is 0 Å². The fraction of sp³-hybridized carbons (Fsp3) is 0.333. The minimum atomic E-state index is -0.609. The van der Waals surface area contributed by atoms with Gasteiger partial charge in [-0.3, -0.25) is 0 Å². The minimum absolute atomic E-state index is 0.261. The lowest BCUT2D eigenvalue weighted by molar-refractivity contribution is 0.107. The van der Waals surface area contributed by atoms with Crippen molar-refractivity contribution >= 4 is 0 Å². The Bertz CT molecular complexity index is 558. The molecule has 0 saturated carbocycles. The van der Waals surface area contributed by atoms with Crippen molar-refractivity contribution in [1.29, 1.82) is 0 Å². The van der Waals surface area contributed by atoms with Gasteiger partial charge >= 0.3 is 0 Å². The molecule has 0 radical (unpaired) electrons. The van der Waals surface area contributed by atoms with Crippen LogP contribution in [0, 0.1) is 13.8 Å². The van der Waals surface area contributed by atoms with E-state index in [1.165, 1.54) is 5.56 Å². The minimum Gasteiger partial charge on any atom is -0.490 e. The average Bonchev–Trinajstić information content (AvgIpc) is 2.47. The lowest BCUT2D eigenvalue weighted by Crippen LogP contribution is -2.11. The van der Waals surface area contributed by atoms with E-state index < -0.39 is 6.10 Å². The van der Waals surface area contributed by atoms with Crippen LogP contribution in [0.2, 0.25) is 0 Å². The van der Waals surface area contributed by atoms with E-state index >= 15 is 0 Å². The highest BCUT2D eigenvalue weighted by Gasteiger charge is 2.11. The van der Waals surface area contributed by atoms with Crippen molar-refractivity contribution in [2.75, 3.05) is 13.7 Å². The number of aryl methyl sites for hydroxylation is 2. The SMILES string of the molecule is CNCc1cc(C)c(OCC(O)c2ccccc2)c(C)c1. The standard InChI is InChI=1S/C18H23NO2/c1-13-9-15(11-19-3)10-14(2)18(13)21-12-17(20)16-7-5-4-6-8-16/h4-10,17,19-20H,11-12H2,1-3H3. The molecule has 0 saturated heterocycles. The Morgan fingerprint density at radius 2 is 1.71 bits per heavy atom. The summed E-state index contributed by atoms with van der Waals surface area (Å²) in [4.78, 5) is 0. The van der Waals surface area contributed by atoms with Crippen LogP contribution in [0.1, 0.15) is 28.4 Å². The van der Waals surface area contributed by atoms with Crippen molar-refractivity contribution in [3.8, 4) is 5.75 Å². The van der Waals surface area contributed by atoms with Crippen molar-refractivity contribution < 1.29 is 9.84 Å². The monoisotopic (exact) mass is 285 g/mol. The summed E-state index contributed by atoms with van der Waals surface area (Å²) in [6.07, 6.45) is -0.609. The van der Waals surface area contributed by atoms with E-state index in [-0.39, 0.29) is 6.61 Å². The molecule has 0 aliphatic heterocycles. The molecule has 112 valence electrons. The Morgan fingerprint density at radius 1 is 1.10 bits per heavy atom. The third kappa shape index (κ3) is 4.06. The lowest BCUT2D eigenvalue weighted by Gasteiger charge is -2.17. The number of hydrogen-bond donors (Lipinski definition) is 2. The summed E-state index contributed by atoms with van der Waals surface area (Å²) in [5, 5.41) is 13.3.